The molecule has 1 fully saturated rings. The van der Waals surface area contributed by atoms with Crippen molar-refractivity contribution in [2.75, 3.05) is 20.1 Å². The molecule has 0 bridgehead atoms. The molecule has 5 heteroatoms. The number of carboxylic acid groups (broad SMARTS) is 1. The minimum Gasteiger partial charge on any atom is -0.481 e. The average molecular weight is 270 g/mol. The first kappa shape index (κ1) is 15.8. The molecule has 110 valence electrons. The van der Waals surface area contributed by atoms with Crippen LogP contribution in [-0.2, 0) is 4.79 Å². The summed E-state index contributed by atoms with van der Waals surface area (Å²) in [6.45, 7) is 6.97. The number of rotatable bonds is 6. The van der Waals surface area contributed by atoms with Crippen molar-refractivity contribution in [2.24, 2.45) is 17.3 Å². The summed E-state index contributed by atoms with van der Waals surface area (Å²) < 4.78 is 0. The van der Waals surface area contributed by atoms with E-state index in [1.54, 1.807) is 11.9 Å². The van der Waals surface area contributed by atoms with Crippen LogP contribution in [0.3, 0.4) is 0 Å². The molecule has 2 amide bonds. The fraction of sp³-hybridized carbons (Fsp3) is 0.857. The molecule has 0 aromatic heterocycles. The fourth-order valence-corrected chi connectivity index (χ4v) is 2.10. The second-order valence-corrected chi connectivity index (χ2v) is 6.81. The molecule has 0 spiro atoms. The number of carbonyl (C=O) groups excluding carboxylic acids is 1. The summed E-state index contributed by atoms with van der Waals surface area (Å²) in [4.78, 5) is 24.6. The predicted octanol–water partition coefficient (Wildman–Crippen LogP) is 2.17. The lowest BCUT2D eigenvalue weighted by Crippen LogP contribution is -2.42. The Bertz CT molecular complexity index is 332. The molecule has 1 rings (SSSR count). The standard InChI is InChI=1S/C14H26N2O3/c1-14(2,3)7-11(12(17)18)8-15-13(19)16(4)9-10-5-6-10/h10-11H,5-9H2,1-4H3,(H,15,19)(H,17,18). The summed E-state index contributed by atoms with van der Waals surface area (Å²) >= 11 is 0. The molecular weight excluding hydrogens is 244 g/mol. The predicted molar refractivity (Wildman–Crippen MR) is 74.0 cm³/mol. The SMILES string of the molecule is CN(CC1CC1)C(=O)NCC(CC(C)(C)C)C(=O)O. The first-order valence-electron chi connectivity index (χ1n) is 6.91. The lowest BCUT2D eigenvalue weighted by Gasteiger charge is -2.24. The Labute approximate surface area is 115 Å². The molecule has 0 saturated heterocycles. The molecular formula is C14H26N2O3. The monoisotopic (exact) mass is 270 g/mol. The number of aliphatic carboxylic acids is 1. The molecule has 19 heavy (non-hydrogen) atoms. The number of nitrogens with zero attached hydrogens (tertiary/aromatic N) is 1. The molecule has 1 aliphatic rings. The number of carbonyl (C=O) groups is 2. The third-order valence-corrected chi connectivity index (χ3v) is 3.28. The van der Waals surface area contributed by atoms with Gasteiger partial charge in [0.1, 0.15) is 0 Å². The van der Waals surface area contributed by atoms with E-state index in [2.05, 4.69) is 5.32 Å². The third kappa shape index (κ3) is 6.45. The Morgan fingerprint density at radius 3 is 2.37 bits per heavy atom. The Morgan fingerprint density at radius 1 is 1.37 bits per heavy atom. The molecule has 0 radical (unpaired) electrons. The largest absolute Gasteiger partial charge is 0.481 e. The van der Waals surface area contributed by atoms with Gasteiger partial charge in [-0.05, 0) is 30.6 Å². The number of hydrogen-bond acceptors (Lipinski definition) is 2. The minimum absolute atomic E-state index is 0.0618. The highest BCUT2D eigenvalue weighted by Crippen LogP contribution is 2.29. The van der Waals surface area contributed by atoms with Crippen molar-refractivity contribution in [3.63, 3.8) is 0 Å². The number of carboxylic acids is 1. The van der Waals surface area contributed by atoms with Gasteiger partial charge < -0.3 is 15.3 Å². The fourth-order valence-electron chi connectivity index (χ4n) is 2.10. The van der Waals surface area contributed by atoms with Gasteiger partial charge in [-0.1, -0.05) is 20.8 Å². The Hall–Kier alpha value is -1.26. The van der Waals surface area contributed by atoms with E-state index in [9.17, 15) is 14.7 Å². The van der Waals surface area contributed by atoms with Gasteiger partial charge in [0.25, 0.3) is 0 Å². The summed E-state index contributed by atoms with van der Waals surface area (Å²) in [6.07, 6.45) is 2.94. The summed E-state index contributed by atoms with van der Waals surface area (Å²) in [5, 5.41) is 11.9. The quantitative estimate of drug-likeness (QED) is 0.777. The highest BCUT2D eigenvalue weighted by atomic mass is 16.4. The van der Waals surface area contributed by atoms with Crippen LogP contribution in [0.5, 0.6) is 0 Å². The number of nitrogens with one attached hydrogen (secondary N) is 1. The highest BCUT2D eigenvalue weighted by Gasteiger charge is 2.27. The van der Waals surface area contributed by atoms with Crippen LogP contribution in [0.1, 0.15) is 40.0 Å². The maximum absolute atomic E-state index is 11.8. The molecule has 1 atom stereocenters. The van der Waals surface area contributed by atoms with Crippen molar-refractivity contribution in [3.05, 3.63) is 0 Å². The first-order chi connectivity index (χ1) is 8.69. The third-order valence-electron chi connectivity index (χ3n) is 3.28. The van der Waals surface area contributed by atoms with Gasteiger partial charge in [0.2, 0.25) is 0 Å². The smallest absolute Gasteiger partial charge is 0.317 e. The Kier molecular flexibility index (Phi) is 5.20. The molecule has 1 saturated carbocycles. The van der Waals surface area contributed by atoms with Crippen molar-refractivity contribution >= 4 is 12.0 Å². The summed E-state index contributed by atoms with van der Waals surface area (Å²) in [5.74, 6) is -0.737. The summed E-state index contributed by atoms with van der Waals surface area (Å²) in [5.41, 5.74) is -0.0618. The summed E-state index contributed by atoms with van der Waals surface area (Å²) in [7, 11) is 1.76. The lowest BCUT2D eigenvalue weighted by molar-refractivity contribution is -0.142. The minimum atomic E-state index is -0.847. The normalized spacial score (nSPS) is 16.8. The van der Waals surface area contributed by atoms with Crippen LogP contribution < -0.4 is 5.32 Å². The van der Waals surface area contributed by atoms with E-state index in [-0.39, 0.29) is 18.0 Å². The van der Waals surface area contributed by atoms with Gasteiger partial charge in [-0.15, -0.1) is 0 Å². The zero-order valence-corrected chi connectivity index (χ0v) is 12.4. The zero-order valence-electron chi connectivity index (χ0n) is 12.4. The zero-order chi connectivity index (χ0) is 14.6. The molecule has 1 unspecified atom stereocenters. The van der Waals surface area contributed by atoms with Crippen molar-refractivity contribution in [2.45, 2.75) is 40.0 Å². The van der Waals surface area contributed by atoms with E-state index in [0.717, 1.165) is 6.54 Å². The van der Waals surface area contributed by atoms with E-state index < -0.39 is 11.9 Å². The van der Waals surface area contributed by atoms with Crippen LogP contribution in [0, 0.1) is 17.3 Å². The van der Waals surface area contributed by atoms with Crippen LogP contribution in [0.2, 0.25) is 0 Å². The van der Waals surface area contributed by atoms with Crippen molar-refractivity contribution < 1.29 is 14.7 Å². The van der Waals surface area contributed by atoms with E-state index in [1.807, 2.05) is 20.8 Å². The average Bonchev–Trinajstić information content (AvgIpc) is 3.05. The van der Waals surface area contributed by atoms with Crippen molar-refractivity contribution in [1.29, 1.82) is 0 Å². The molecule has 5 nitrogen and oxygen atoms in total. The van der Waals surface area contributed by atoms with Gasteiger partial charge in [-0.3, -0.25) is 4.79 Å². The topological polar surface area (TPSA) is 69.6 Å². The maximum atomic E-state index is 11.8. The Morgan fingerprint density at radius 2 is 1.95 bits per heavy atom. The van der Waals surface area contributed by atoms with Crippen molar-refractivity contribution in [3.8, 4) is 0 Å². The van der Waals surface area contributed by atoms with Crippen LogP contribution in [0.25, 0.3) is 0 Å². The van der Waals surface area contributed by atoms with E-state index in [1.165, 1.54) is 12.8 Å². The van der Waals surface area contributed by atoms with E-state index >= 15 is 0 Å². The van der Waals surface area contributed by atoms with Gasteiger partial charge in [-0.25, -0.2) is 4.79 Å². The maximum Gasteiger partial charge on any atom is 0.317 e. The molecule has 0 heterocycles. The number of urea groups is 1. The highest BCUT2D eigenvalue weighted by molar-refractivity contribution is 5.75. The van der Waals surface area contributed by atoms with Gasteiger partial charge in [0.05, 0.1) is 5.92 Å². The molecule has 2 N–H and O–H groups in total. The molecule has 0 aromatic rings. The first-order valence-corrected chi connectivity index (χ1v) is 6.91. The second-order valence-electron chi connectivity index (χ2n) is 6.81. The van der Waals surface area contributed by atoms with Crippen LogP contribution in [-0.4, -0.2) is 42.1 Å². The van der Waals surface area contributed by atoms with Crippen molar-refractivity contribution in [1.82, 2.24) is 10.2 Å². The molecule has 0 aliphatic heterocycles. The van der Waals surface area contributed by atoms with Gasteiger partial charge in [0, 0.05) is 20.1 Å². The van der Waals surface area contributed by atoms with Gasteiger partial charge >= 0.3 is 12.0 Å². The number of hydrogen-bond donors (Lipinski definition) is 2. The number of amides is 2. The van der Waals surface area contributed by atoms with Gasteiger partial charge in [0.15, 0.2) is 0 Å². The van der Waals surface area contributed by atoms with E-state index in [0.29, 0.717) is 12.3 Å². The lowest BCUT2D eigenvalue weighted by atomic mass is 9.84. The van der Waals surface area contributed by atoms with Crippen LogP contribution >= 0.6 is 0 Å². The summed E-state index contributed by atoms with van der Waals surface area (Å²) in [6, 6.07) is -0.174. The van der Waals surface area contributed by atoms with E-state index in [4.69, 9.17) is 0 Å². The van der Waals surface area contributed by atoms with Crippen LogP contribution in [0.15, 0.2) is 0 Å². The molecule has 0 aromatic carbocycles. The van der Waals surface area contributed by atoms with Gasteiger partial charge in [-0.2, -0.15) is 0 Å². The molecule has 1 aliphatic carbocycles. The second kappa shape index (κ2) is 6.26. The van der Waals surface area contributed by atoms with Crippen LogP contribution in [0.4, 0.5) is 4.79 Å². The Balaban J connectivity index is 2.37.